The fourth-order valence-electron chi connectivity index (χ4n) is 2.71. The van der Waals surface area contributed by atoms with Gasteiger partial charge in [0.1, 0.15) is 5.82 Å². The molecule has 1 fully saturated rings. The van der Waals surface area contributed by atoms with Gasteiger partial charge in [0.2, 0.25) is 0 Å². The van der Waals surface area contributed by atoms with Gasteiger partial charge >= 0.3 is 5.97 Å². The standard InChI is InChI=1S/C18H19FN2O3S/c19-15-1-3-16(4-2-15)20-6-8-21(9-7-20)17(22)12-24-18(23)11-14-5-10-25-13-14/h1-5,10,13H,6-9,11-12H2. The summed E-state index contributed by atoms with van der Waals surface area (Å²) in [4.78, 5) is 27.7. The molecule has 1 aliphatic rings. The van der Waals surface area contributed by atoms with Crippen LogP contribution >= 0.6 is 11.3 Å². The molecule has 0 radical (unpaired) electrons. The van der Waals surface area contributed by atoms with Crippen LogP contribution in [0.4, 0.5) is 10.1 Å². The molecule has 1 aromatic heterocycles. The van der Waals surface area contributed by atoms with Gasteiger partial charge in [-0.3, -0.25) is 9.59 Å². The molecule has 0 aliphatic carbocycles. The Labute approximate surface area is 149 Å². The van der Waals surface area contributed by atoms with E-state index in [0.29, 0.717) is 26.2 Å². The maximum atomic E-state index is 13.0. The van der Waals surface area contributed by atoms with Crippen LogP contribution in [0.1, 0.15) is 5.56 Å². The monoisotopic (exact) mass is 362 g/mol. The van der Waals surface area contributed by atoms with Gasteiger partial charge in [-0.25, -0.2) is 4.39 Å². The average molecular weight is 362 g/mol. The molecule has 1 aliphatic heterocycles. The number of nitrogens with zero attached hydrogens (tertiary/aromatic N) is 2. The number of carbonyl (C=O) groups excluding carboxylic acids is 2. The Morgan fingerprint density at radius 1 is 1.08 bits per heavy atom. The summed E-state index contributed by atoms with van der Waals surface area (Å²) in [6, 6.07) is 8.19. The first-order valence-corrected chi connectivity index (χ1v) is 9.01. The molecular formula is C18H19FN2O3S. The Morgan fingerprint density at radius 3 is 2.44 bits per heavy atom. The van der Waals surface area contributed by atoms with Crippen LogP contribution in [0.5, 0.6) is 0 Å². The maximum Gasteiger partial charge on any atom is 0.310 e. The zero-order valence-corrected chi connectivity index (χ0v) is 14.5. The van der Waals surface area contributed by atoms with Gasteiger partial charge in [0.05, 0.1) is 6.42 Å². The molecule has 0 spiro atoms. The van der Waals surface area contributed by atoms with Crippen molar-refractivity contribution in [3.8, 4) is 0 Å². The Morgan fingerprint density at radius 2 is 1.80 bits per heavy atom. The fourth-order valence-corrected chi connectivity index (χ4v) is 3.38. The van der Waals surface area contributed by atoms with Crippen LogP contribution in [-0.4, -0.2) is 49.6 Å². The van der Waals surface area contributed by atoms with Crippen molar-refractivity contribution >= 4 is 28.9 Å². The fraction of sp³-hybridized carbons (Fsp3) is 0.333. The van der Waals surface area contributed by atoms with Crippen LogP contribution in [0.25, 0.3) is 0 Å². The summed E-state index contributed by atoms with van der Waals surface area (Å²) in [6.45, 7) is 2.22. The summed E-state index contributed by atoms with van der Waals surface area (Å²) >= 11 is 1.52. The molecule has 0 atom stereocenters. The molecule has 0 saturated carbocycles. The Balaban J connectivity index is 1.42. The maximum absolute atomic E-state index is 13.0. The number of hydrogen-bond donors (Lipinski definition) is 0. The molecule has 5 nitrogen and oxygen atoms in total. The number of carbonyl (C=O) groups is 2. The number of anilines is 1. The summed E-state index contributed by atoms with van der Waals surface area (Å²) in [5.41, 5.74) is 1.84. The minimum Gasteiger partial charge on any atom is -0.455 e. The van der Waals surface area contributed by atoms with Gasteiger partial charge in [-0.05, 0) is 46.7 Å². The first-order chi connectivity index (χ1) is 12.1. The smallest absolute Gasteiger partial charge is 0.310 e. The third kappa shape index (κ3) is 4.79. The third-order valence-corrected chi connectivity index (χ3v) is 4.84. The number of hydrogen-bond acceptors (Lipinski definition) is 5. The lowest BCUT2D eigenvalue weighted by Gasteiger charge is -2.36. The second-order valence-corrected chi connectivity index (χ2v) is 6.59. The Kier molecular flexibility index (Phi) is 5.65. The van der Waals surface area contributed by atoms with Crippen LogP contribution in [0.3, 0.4) is 0 Å². The van der Waals surface area contributed by atoms with E-state index in [1.165, 1.54) is 23.5 Å². The highest BCUT2D eigenvalue weighted by atomic mass is 32.1. The normalized spacial score (nSPS) is 14.4. The largest absolute Gasteiger partial charge is 0.455 e. The molecular weight excluding hydrogens is 343 g/mol. The highest BCUT2D eigenvalue weighted by Crippen LogP contribution is 2.17. The molecule has 0 bridgehead atoms. The van der Waals surface area contributed by atoms with Gasteiger partial charge in [0.15, 0.2) is 6.61 Å². The van der Waals surface area contributed by atoms with Crippen molar-refractivity contribution < 1.29 is 18.7 Å². The topological polar surface area (TPSA) is 49.9 Å². The van der Waals surface area contributed by atoms with E-state index >= 15 is 0 Å². The van der Waals surface area contributed by atoms with E-state index in [2.05, 4.69) is 4.90 Å². The van der Waals surface area contributed by atoms with Crippen LogP contribution in [0.2, 0.25) is 0 Å². The molecule has 0 unspecified atom stereocenters. The van der Waals surface area contributed by atoms with Gasteiger partial charge in [0, 0.05) is 31.9 Å². The second kappa shape index (κ2) is 8.11. The van der Waals surface area contributed by atoms with Gasteiger partial charge < -0.3 is 14.5 Å². The second-order valence-electron chi connectivity index (χ2n) is 5.81. The van der Waals surface area contributed by atoms with Crippen LogP contribution in [0.15, 0.2) is 41.1 Å². The van der Waals surface area contributed by atoms with Crippen molar-refractivity contribution in [2.24, 2.45) is 0 Å². The van der Waals surface area contributed by atoms with Crippen LogP contribution in [-0.2, 0) is 20.7 Å². The van der Waals surface area contributed by atoms with Crippen LogP contribution < -0.4 is 4.90 Å². The zero-order valence-electron chi connectivity index (χ0n) is 13.7. The quantitative estimate of drug-likeness (QED) is 0.766. The number of benzene rings is 1. The highest BCUT2D eigenvalue weighted by Gasteiger charge is 2.22. The first kappa shape index (κ1) is 17.4. The average Bonchev–Trinajstić information content (AvgIpc) is 3.13. The number of ether oxygens (including phenoxy) is 1. The van der Waals surface area contributed by atoms with Gasteiger partial charge in [0.25, 0.3) is 5.91 Å². The van der Waals surface area contributed by atoms with Crippen molar-refractivity contribution in [3.63, 3.8) is 0 Å². The van der Waals surface area contributed by atoms with E-state index in [-0.39, 0.29) is 24.8 Å². The van der Waals surface area contributed by atoms with E-state index in [9.17, 15) is 14.0 Å². The predicted molar refractivity (Wildman–Crippen MR) is 94.2 cm³/mol. The van der Waals surface area contributed by atoms with Crippen molar-refractivity contribution in [1.82, 2.24) is 4.90 Å². The number of halogens is 1. The van der Waals surface area contributed by atoms with Crippen molar-refractivity contribution in [1.29, 1.82) is 0 Å². The predicted octanol–water partition coefficient (Wildman–Crippen LogP) is 2.32. The Bertz CT molecular complexity index is 710. The summed E-state index contributed by atoms with van der Waals surface area (Å²) in [7, 11) is 0. The molecule has 3 rings (SSSR count). The molecule has 2 heterocycles. The number of esters is 1. The summed E-state index contributed by atoms with van der Waals surface area (Å²) in [5, 5.41) is 3.78. The van der Waals surface area contributed by atoms with Gasteiger partial charge in [-0.2, -0.15) is 11.3 Å². The lowest BCUT2D eigenvalue weighted by molar-refractivity contribution is -0.151. The Hall–Kier alpha value is -2.41. The highest BCUT2D eigenvalue weighted by molar-refractivity contribution is 7.07. The van der Waals surface area contributed by atoms with E-state index in [1.807, 2.05) is 16.8 Å². The molecule has 25 heavy (non-hydrogen) atoms. The number of thiophene rings is 1. The van der Waals surface area contributed by atoms with Crippen molar-refractivity contribution in [3.05, 3.63) is 52.5 Å². The molecule has 1 saturated heterocycles. The summed E-state index contributed by atoms with van der Waals surface area (Å²) in [6.07, 6.45) is 0.190. The molecule has 1 amide bonds. The number of rotatable bonds is 5. The molecule has 7 heteroatoms. The number of amides is 1. The van der Waals surface area contributed by atoms with E-state index in [1.54, 1.807) is 17.0 Å². The first-order valence-electron chi connectivity index (χ1n) is 8.07. The SMILES string of the molecule is O=C(Cc1ccsc1)OCC(=O)N1CCN(c2ccc(F)cc2)CC1. The molecule has 2 aromatic rings. The minimum absolute atomic E-state index is 0.183. The van der Waals surface area contributed by atoms with E-state index < -0.39 is 5.97 Å². The van der Waals surface area contributed by atoms with Crippen molar-refractivity contribution in [2.75, 3.05) is 37.7 Å². The lowest BCUT2D eigenvalue weighted by atomic mass is 10.2. The van der Waals surface area contributed by atoms with Gasteiger partial charge in [-0.15, -0.1) is 0 Å². The van der Waals surface area contributed by atoms with Crippen molar-refractivity contribution in [2.45, 2.75) is 6.42 Å². The molecule has 0 N–H and O–H groups in total. The minimum atomic E-state index is -0.392. The summed E-state index contributed by atoms with van der Waals surface area (Å²) in [5.74, 6) is -0.837. The van der Waals surface area contributed by atoms with Crippen LogP contribution in [0, 0.1) is 5.82 Å². The molecule has 132 valence electrons. The third-order valence-electron chi connectivity index (χ3n) is 4.11. The lowest BCUT2D eigenvalue weighted by Crippen LogP contribution is -2.50. The number of piperazine rings is 1. The zero-order chi connectivity index (χ0) is 17.6. The molecule has 1 aromatic carbocycles. The van der Waals surface area contributed by atoms with E-state index in [4.69, 9.17) is 4.74 Å². The summed E-state index contributed by atoms with van der Waals surface area (Å²) < 4.78 is 18.1. The van der Waals surface area contributed by atoms with E-state index in [0.717, 1.165) is 11.3 Å². The van der Waals surface area contributed by atoms with Gasteiger partial charge in [-0.1, -0.05) is 0 Å².